The number of rotatable bonds is 7. The molecule has 0 bridgehead atoms. The minimum absolute atomic E-state index is 0.0477. The predicted octanol–water partition coefficient (Wildman–Crippen LogP) is 4.53. The minimum Gasteiger partial charge on any atom is -0.507 e. The molecule has 0 radical (unpaired) electrons. The molecule has 0 fully saturated rings. The topological polar surface area (TPSA) is 112 Å². The van der Waals surface area contributed by atoms with Crippen LogP contribution in [-0.4, -0.2) is 32.6 Å². The maximum atomic E-state index is 12.0. The summed E-state index contributed by atoms with van der Waals surface area (Å²) in [6.45, 7) is -0.375. The molecule has 0 amide bonds. The van der Waals surface area contributed by atoms with Crippen LogP contribution in [0.1, 0.15) is 23.7 Å². The fraction of sp³-hybridized carbons (Fsp3) is 0.182. The maximum absolute atomic E-state index is 12.0. The molecule has 2 N–H and O–H groups in total. The van der Waals surface area contributed by atoms with E-state index in [-0.39, 0.29) is 30.2 Å². The molecular formula is C22H18N4O3S. The molecule has 30 heavy (non-hydrogen) atoms. The van der Waals surface area contributed by atoms with E-state index < -0.39 is 5.97 Å². The summed E-state index contributed by atoms with van der Waals surface area (Å²) in [5, 5.41) is 20.6. The van der Waals surface area contributed by atoms with Crippen molar-refractivity contribution in [2.24, 2.45) is 0 Å². The first-order valence-corrected chi connectivity index (χ1v) is 10.2. The number of para-hydroxylation sites is 3. The third kappa shape index (κ3) is 4.31. The predicted molar refractivity (Wildman–Crippen MR) is 115 cm³/mol. The lowest BCUT2D eigenvalue weighted by Gasteiger charge is -2.05. The number of hydrogen-bond donors (Lipinski definition) is 2. The smallest absolute Gasteiger partial charge is 0.306 e. The van der Waals surface area contributed by atoms with Crippen molar-refractivity contribution in [1.29, 1.82) is 5.26 Å². The molecule has 0 unspecified atom stereocenters. The number of aromatic nitrogens is 3. The van der Waals surface area contributed by atoms with Crippen LogP contribution in [-0.2, 0) is 16.0 Å². The number of thiazole rings is 1. The number of aromatic amines is 1. The zero-order chi connectivity index (χ0) is 20.9. The average Bonchev–Trinajstić information content (AvgIpc) is 3.36. The number of carbonyl (C=O) groups is 1. The number of esters is 1. The van der Waals surface area contributed by atoms with Crippen molar-refractivity contribution in [3.8, 4) is 6.07 Å². The third-order valence-corrected chi connectivity index (χ3v) is 5.60. The number of benzene rings is 2. The fourth-order valence-electron chi connectivity index (χ4n) is 3.03. The lowest BCUT2D eigenvalue weighted by molar-refractivity contribution is -0.143. The second kappa shape index (κ2) is 8.76. The van der Waals surface area contributed by atoms with E-state index in [1.54, 1.807) is 17.4 Å². The van der Waals surface area contributed by atoms with Gasteiger partial charge in [0.25, 0.3) is 0 Å². The Bertz CT molecular complexity index is 1220. The molecule has 2 heterocycles. The van der Waals surface area contributed by atoms with Gasteiger partial charge in [-0.3, -0.25) is 4.79 Å². The van der Waals surface area contributed by atoms with Crippen LogP contribution in [0.3, 0.4) is 0 Å². The number of nitrogens with zero attached hydrogens (tertiary/aromatic N) is 3. The van der Waals surface area contributed by atoms with Crippen molar-refractivity contribution < 1.29 is 14.6 Å². The molecular weight excluding hydrogens is 400 g/mol. The number of nitriles is 1. The van der Waals surface area contributed by atoms with Crippen LogP contribution >= 0.6 is 11.3 Å². The largest absolute Gasteiger partial charge is 0.507 e. The Balaban J connectivity index is 1.32. The first kappa shape index (κ1) is 19.6. The summed E-state index contributed by atoms with van der Waals surface area (Å²) in [7, 11) is 0. The van der Waals surface area contributed by atoms with Crippen molar-refractivity contribution >= 4 is 44.1 Å². The van der Waals surface area contributed by atoms with Gasteiger partial charge >= 0.3 is 5.97 Å². The number of carbonyl (C=O) groups excluding carboxylic acids is 1. The van der Waals surface area contributed by atoms with Gasteiger partial charge in [-0.1, -0.05) is 24.3 Å². The van der Waals surface area contributed by atoms with Crippen molar-refractivity contribution in [3.63, 3.8) is 0 Å². The van der Waals surface area contributed by atoms with E-state index in [4.69, 9.17) is 4.74 Å². The molecule has 0 aliphatic heterocycles. The highest BCUT2D eigenvalue weighted by Gasteiger charge is 2.15. The van der Waals surface area contributed by atoms with Crippen LogP contribution in [0.2, 0.25) is 0 Å². The van der Waals surface area contributed by atoms with Crippen LogP contribution in [0.5, 0.6) is 0 Å². The van der Waals surface area contributed by atoms with E-state index in [9.17, 15) is 15.2 Å². The summed E-state index contributed by atoms with van der Waals surface area (Å²) in [6, 6.07) is 17.1. The molecule has 8 heteroatoms. The molecule has 0 aliphatic rings. The number of fused-ring (bicyclic) bond motifs is 2. The van der Waals surface area contributed by atoms with Gasteiger partial charge in [0, 0.05) is 6.42 Å². The molecule has 0 saturated heterocycles. The minimum atomic E-state index is -0.440. The monoisotopic (exact) mass is 418 g/mol. The molecule has 4 rings (SSSR count). The molecule has 7 nitrogen and oxygen atoms in total. The number of H-pyrrole nitrogens is 1. The number of hydrogen-bond acceptors (Lipinski definition) is 7. The van der Waals surface area contributed by atoms with Crippen LogP contribution < -0.4 is 0 Å². The molecule has 0 atom stereocenters. The zero-order valence-corrected chi connectivity index (χ0v) is 16.8. The second-order valence-corrected chi connectivity index (χ2v) is 7.74. The quantitative estimate of drug-likeness (QED) is 0.259. The highest BCUT2D eigenvalue weighted by Crippen LogP contribution is 2.23. The zero-order valence-electron chi connectivity index (χ0n) is 16.0. The Hall–Kier alpha value is -3.70. The van der Waals surface area contributed by atoms with E-state index in [0.717, 1.165) is 20.7 Å². The second-order valence-electron chi connectivity index (χ2n) is 6.63. The van der Waals surface area contributed by atoms with Gasteiger partial charge in [-0.2, -0.15) is 5.26 Å². The van der Waals surface area contributed by atoms with Gasteiger partial charge in [0.05, 0.1) is 26.3 Å². The summed E-state index contributed by atoms with van der Waals surface area (Å²) in [5.41, 5.74) is 2.35. The average molecular weight is 418 g/mol. The molecule has 0 saturated carbocycles. The number of aryl methyl sites for hydroxylation is 1. The Kier molecular flexibility index (Phi) is 5.72. The van der Waals surface area contributed by atoms with E-state index >= 15 is 0 Å². The SMILES string of the molecule is N#C/C(=C(/O)COC(=O)CCCc1nc2ccccc2s1)c1nc2ccccc2[nH]1. The third-order valence-electron chi connectivity index (χ3n) is 4.51. The number of ether oxygens (including phenoxy) is 1. The highest BCUT2D eigenvalue weighted by molar-refractivity contribution is 7.18. The first-order valence-electron chi connectivity index (χ1n) is 9.41. The summed E-state index contributed by atoms with van der Waals surface area (Å²) >= 11 is 1.62. The Morgan fingerprint density at radius 2 is 1.90 bits per heavy atom. The van der Waals surface area contributed by atoms with Crippen molar-refractivity contribution in [3.05, 3.63) is 65.1 Å². The van der Waals surface area contributed by atoms with Gasteiger partial charge in [-0.05, 0) is 37.1 Å². The summed E-state index contributed by atoms with van der Waals surface area (Å²) in [5.74, 6) is -0.538. The van der Waals surface area contributed by atoms with Crippen LogP contribution in [0.15, 0.2) is 54.3 Å². The van der Waals surface area contributed by atoms with E-state index in [1.165, 1.54) is 0 Å². The molecule has 2 aromatic heterocycles. The Labute approximate surface area is 176 Å². The molecule has 2 aromatic carbocycles. The van der Waals surface area contributed by atoms with E-state index in [2.05, 4.69) is 15.0 Å². The summed E-state index contributed by atoms with van der Waals surface area (Å²) in [6.07, 6.45) is 1.48. The Morgan fingerprint density at radius 3 is 2.67 bits per heavy atom. The normalized spacial score (nSPS) is 12.0. The van der Waals surface area contributed by atoms with Gasteiger partial charge in [-0.25, -0.2) is 9.97 Å². The van der Waals surface area contributed by atoms with Crippen LogP contribution in [0.4, 0.5) is 0 Å². The molecule has 0 aliphatic carbocycles. The summed E-state index contributed by atoms with van der Waals surface area (Å²) < 4.78 is 6.25. The van der Waals surface area contributed by atoms with Crippen LogP contribution in [0, 0.1) is 11.3 Å². The van der Waals surface area contributed by atoms with Crippen molar-refractivity contribution in [2.75, 3.05) is 6.61 Å². The van der Waals surface area contributed by atoms with Crippen molar-refractivity contribution in [1.82, 2.24) is 15.0 Å². The van der Waals surface area contributed by atoms with Crippen LogP contribution in [0.25, 0.3) is 26.8 Å². The van der Waals surface area contributed by atoms with Gasteiger partial charge in [0.1, 0.15) is 18.2 Å². The molecule has 150 valence electrons. The number of imidazole rings is 1. The van der Waals surface area contributed by atoms with Crippen molar-refractivity contribution in [2.45, 2.75) is 19.3 Å². The fourth-order valence-corrected chi connectivity index (χ4v) is 4.04. The van der Waals surface area contributed by atoms with Gasteiger partial charge in [0.2, 0.25) is 0 Å². The number of aliphatic hydroxyl groups is 1. The number of aliphatic hydroxyl groups excluding tert-OH is 1. The first-order chi connectivity index (χ1) is 14.6. The maximum Gasteiger partial charge on any atom is 0.306 e. The Morgan fingerprint density at radius 1 is 1.13 bits per heavy atom. The lowest BCUT2D eigenvalue weighted by Crippen LogP contribution is -2.09. The molecule has 4 aromatic rings. The lowest BCUT2D eigenvalue weighted by atomic mass is 10.2. The standard InChI is InChI=1S/C22H18N4O3S/c23-12-14(22-25-15-6-1-2-7-16(15)26-22)18(27)13-29-21(28)11-5-10-20-24-17-8-3-4-9-19(17)30-20/h1-4,6-9,27H,5,10-11,13H2,(H,25,26)/b18-14-. The molecule has 0 spiro atoms. The van der Waals surface area contributed by atoms with Gasteiger partial charge in [0.15, 0.2) is 11.6 Å². The number of nitrogens with one attached hydrogen (secondary N) is 1. The highest BCUT2D eigenvalue weighted by atomic mass is 32.1. The van der Waals surface area contributed by atoms with E-state index in [1.807, 2.05) is 48.5 Å². The number of allylic oxidation sites excluding steroid dienone is 1. The summed E-state index contributed by atoms with van der Waals surface area (Å²) in [4.78, 5) is 23.8. The van der Waals surface area contributed by atoms with Gasteiger partial charge in [-0.15, -0.1) is 11.3 Å². The van der Waals surface area contributed by atoms with E-state index in [0.29, 0.717) is 18.4 Å². The van der Waals surface area contributed by atoms with Gasteiger partial charge < -0.3 is 14.8 Å².